The normalized spacial score (nSPS) is 28.9. The maximum Gasteiger partial charge on any atom is 0.244 e. The van der Waals surface area contributed by atoms with Gasteiger partial charge in [-0.3, -0.25) is 9.59 Å². The van der Waals surface area contributed by atoms with E-state index in [9.17, 15) is 9.59 Å². The van der Waals surface area contributed by atoms with E-state index < -0.39 is 0 Å². The molecular weight excluding hydrogens is 192 g/mol. The molecule has 1 heterocycles. The van der Waals surface area contributed by atoms with Gasteiger partial charge in [-0.25, -0.2) is 0 Å². The summed E-state index contributed by atoms with van der Waals surface area (Å²) in [7, 11) is 0. The van der Waals surface area contributed by atoms with Crippen molar-refractivity contribution >= 4 is 11.8 Å². The monoisotopic (exact) mass is 210 g/mol. The van der Waals surface area contributed by atoms with Crippen LogP contribution in [0.3, 0.4) is 0 Å². The lowest BCUT2D eigenvalue weighted by molar-refractivity contribution is -0.138. The van der Waals surface area contributed by atoms with Crippen LogP contribution in [0.4, 0.5) is 0 Å². The molecule has 1 saturated heterocycles. The number of rotatable bonds is 2. The van der Waals surface area contributed by atoms with Gasteiger partial charge < -0.3 is 10.6 Å². The van der Waals surface area contributed by atoms with Gasteiger partial charge in [0.15, 0.2) is 0 Å². The zero-order chi connectivity index (χ0) is 10.9. The lowest BCUT2D eigenvalue weighted by Gasteiger charge is -2.35. The number of carbonyl (C=O) groups is 2. The first-order chi connectivity index (χ1) is 7.12. The van der Waals surface area contributed by atoms with Crippen LogP contribution in [0, 0.1) is 5.41 Å². The molecule has 1 saturated carbocycles. The van der Waals surface area contributed by atoms with Gasteiger partial charge >= 0.3 is 0 Å². The first-order valence-electron chi connectivity index (χ1n) is 5.70. The molecule has 2 fully saturated rings. The summed E-state index contributed by atoms with van der Waals surface area (Å²) in [6, 6.07) is -0.281. The van der Waals surface area contributed by atoms with E-state index in [1.807, 2.05) is 6.92 Å². The molecule has 0 spiro atoms. The van der Waals surface area contributed by atoms with Crippen molar-refractivity contribution in [2.75, 3.05) is 6.54 Å². The van der Waals surface area contributed by atoms with E-state index in [4.69, 9.17) is 0 Å². The van der Waals surface area contributed by atoms with Crippen LogP contribution in [-0.2, 0) is 9.59 Å². The zero-order valence-corrected chi connectivity index (χ0v) is 9.14. The van der Waals surface area contributed by atoms with Gasteiger partial charge in [0.2, 0.25) is 11.8 Å². The summed E-state index contributed by atoms with van der Waals surface area (Å²) in [6.45, 7) is 2.60. The highest BCUT2D eigenvalue weighted by molar-refractivity contribution is 5.93. The maximum absolute atomic E-state index is 12.0. The molecule has 1 aliphatic heterocycles. The Bertz CT molecular complexity index is 282. The fourth-order valence-corrected chi connectivity index (χ4v) is 2.30. The van der Waals surface area contributed by atoms with Gasteiger partial charge in [0.25, 0.3) is 0 Å². The van der Waals surface area contributed by atoms with Gasteiger partial charge in [0.05, 0.1) is 0 Å². The Labute approximate surface area is 89.8 Å². The Morgan fingerprint density at radius 3 is 2.53 bits per heavy atom. The van der Waals surface area contributed by atoms with E-state index in [2.05, 4.69) is 10.6 Å². The van der Waals surface area contributed by atoms with Gasteiger partial charge in [-0.2, -0.15) is 0 Å². The number of β-lactam (4-membered cyclic amide) rings is 1. The van der Waals surface area contributed by atoms with Crippen LogP contribution >= 0.6 is 0 Å². The average Bonchev–Trinajstić information content (AvgIpc) is 2.24. The molecule has 0 aromatic heterocycles. The first kappa shape index (κ1) is 10.5. The van der Waals surface area contributed by atoms with Crippen molar-refractivity contribution in [1.29, 1.82) is 0 Å². The third kappa shape index (κ3) is 1.98. The van der Waals surface area contributed by atoms with Crippen LogP contribution in [0.2, 0.25) is 0 Å². The second-order valence-electron chi connectivity index (χ2n) is 4.89. The topological polar surface area (TPSA) is 58.2 Å². The number of amides is 2. The molecule has 2 rings (SSSR count). The van der Waals surface area contributed by atoms with Crippen LogP contribution in [0.5, 0.6) is 0 Å². The Hall–Kier alpha value is -1.06. The highest BCUT2D eigenvalue weighted by Crippen LogP contribution is 2.35. The number of carbonyl (C=O) groups excluding carboxylic acids is 2. The van der Waals surface area contributed by atoms with Crippen LogP contribution in [0.15, 0.2) is 0 Å². The molecular formula is C11H18N2O2. The van der Waals surface area contributed by atoms with Crippen LogP contribution < -0.4 is 10.6 Å². The quantitative estimate of drug-likeness (QED) is 0.655. The SMILES string of the molecule is CC1(C(=O)N[C@H]2CNC2=O)CCCCC1. The summed E-state index contributed by atoms with van der Waals surface area (Å²) in [5.41, 5.74) is -0.242. The molecule has 1 aliphatic carbocycles. The van der Waals surface area contributed by atoms with Crippen molar-refractivity contribution in [2.45, 2.75) is 45.1 Å². The molecule has 1 atom stereocenters. The van der Waals surface area contributed by atoms with Gasteiger partial charge in [-0.05, 0) is 12.8 Å². The molecule has 0 bridgehead atoms. The number of hydrogen-bond donors (Lipinski definition) is 2. The summed E-state index contributed by atoms with van der Waals surface area (Å²) < 4.78 is 0. The van der Waals surface area contributed by atoms with Gasteiger partial charge in [-0.1, -0.05) is 26.2 Å². The summed E-state index contributed by atoms with van der Waals surface area (Å²) in [6.07, 6.45) is 5.38. The summed E-state index contributed by atoms with van der Waals surface area (Å²) in [5, 5.41) is 5.45. The fourth-order valence-electron chi connectivity index (χ4n) is 2.30. The second kappa shape index (κ2) is 3.83. The highest BCUT2D eigenvalue weighted by atomic mass is 16.2. The maximum atomic E-state index is 12.0. The van der Waals surface area contributed by atoms with Gasteiger partial charge in [0.1, 0.15) is 6.04 Å². The molecule has 2 amide bonds. The number of hydrogen-bond acceptors (Lipinski definition) is 2. The first-order valence-corrected chi connectivity index (χ1v) is 5.70. The molecule has 84 valence electrons. The van der Waals surface area contributed by atoms with Crippen molar-refractivity contribution in [3.05, 3.63) is 0 Å². The van der Waals surface area contributed by atoms with E-state index >= 15 is 0 Å². The summed E-state index contributed by atoms with van der Waals surface area (Å²) in [5.74, 6) is 0.00445. The summed E-state index contributed by atoms with van der Waals surface area (Å²) in [4.78, 5) is 23.0. The predicted octanol–water partition coefficient (Wildman–Crippen LogP) is 0.571. The van der Waals surface area contributed by atoms with Crippen molar-refractivity contribution in [2.24, 2.45) is 5.41 Å². The zero-order valence-electron chi connectivity index (χ0n) is 9.14. The minimum atomic E-state index is -0.281. The second-order valence-corrected chi connectivity index (χ2v) is 4.89. The molecule has 2 N–H and O–H groups in total. The van der Waals surface area contributed by atoms with E-state index in [-0.39, 0.29) is 23.3 Å². The molecule has 0 radical (unpaired) electrons. The predicted molar refractivity (Wildman–Crippen MR) is 56.1 cm³/mol. The van der Waals surface area contributed by atoms with Crippen LogP contribution in [0.25, 0.3) is 0 Å². The average molecular weight is 210 g/mol. The molecule has 0 unspecified atom stereocenters. The van der Waals surface area contributed by atoms with Crippen molar-refractivity contribution in [1.82, 2.24) is 10.6 Å². The van der Waals surface area contributed by atoms with Crippen LogP contribution in [-0.4, -0.2) is 24.4 Å². The van der Waals surface area contributed by atoms with E-state index in [1.165, 1.54) is 6.42 Å². The summed E-state index contributed by atoms with van der Waals surface area (Å²) >= 11 is 0. The van der Waals surface area contributed by atoms with E-state index in [1.54, 1.807) is 0 Å². The molecule has 15 heavy (non-hydrogen) atoms. The van der Waals surface area contributed by atoms with Crippen LogP contribution in [0.1, 0.15) is 39.0 Å². The minimum Gasteiger partial charge on any atom is -0.352 e. The molecule has 0 aromatic rings. The highest BCUT2D eigenvalue weighted by Gasteiger charge is 2.38. The Morgan fingerprint density at radius 1 is 1.40 bits per heavy atom. The lowest BCUT2D eigenvalue weighted by atomic mass is 9.75. The number of nitrogens with one attached hydrogen (secondary N) is 2. The Morgan fingerprint density at radius 2 is 2.07 bits per heavy atom. The van der Waals surface area contributed by atoms with Gasteiger partial charge in [-0.15, -0.1) is 0 Å². The smallest absolute Gasteiger partial charge is 0.244 e. The van der Waals surface area contributed by atoms with Gasteiger partial charge in [0, 0.05) is 12.0 Å². The largest absolute Gasteiger partial charge is 0.352 e. The Balaban J connectivity index is 1.91. The third-order valence-corrected chi connectivity index (χ3v) is 3.61. The van der Waals surface area contributed by atoms with Crippen molar-refractivity contribution < 1.29 is 9.59 Å². The fraction of sp³-hybridized carbons (Fsp3) is 0.818. The van der Waals surface area contributed by atoms with E-state index in [0.29, 0.717) is 6.54 Å². The molecule has 4 nitrogen and oxygen atoms in total. The molecule has 4 heteroatoms. The van der Waals surface area contributed by atoms with E-state index in [0.717, 1.165) is 25.7 Å². The lowest BCUT2D eigenvalue weighted by Crippen LogP contribution is -2.63. The molecule has 2 aliphatic rings. The third-order valence-electron chi connectivity index (χ3n) is 3.61. The molecule has 0 aromatic carbocycles. The standard InChI is InChI=1S/C11H18N2O2/c1-11(5-3-2-4-6-11)10(15)13-8-7-12-9(8)14/h8H,2-7H2,1H3,(H,12,14)(H,13,15)/t8-/m0/s1. The van der Waals surface area contributed by atoms with Crippen molar-refractivity contribution in [3.63, 3.8) is 0 Å². The minimum absolute atomic E-state index is 0.0530. The van der Waals surface area contributed by atoms with Crippen molar-refractivity contribution in [3.8, 4) is 0 Å². The Kier molecular flexibility index (Phi) is 2.67.